The summed E-state index contributed by atoms with van der Waals surface area (Å²) in [6.45, 7) is 8.77. The molecule has 0 aliphatic rings. The Morgan fingerprint density at radius 1 is 1.20 bits per heavy atom. The summed E-state index contributed by atoms with van der Waals surface area (Å²) in [5, 5.41) is 0. The minimum atomic E-state index is 0.0283. The highest BCUT2D eigenvalue weighted by Crippen LogP contribution is 2.25. The molecule has 0 saturated heterocycles. The Morgan fingerprint density at radius 2 is 1.50 bits per heavy atom. The molecule has 0 fully saturated rings. The predicted octanol–water partition coefficient (Wildman–Crippen LogP) is 2.43. The van der Waals surface area contributed by atoms with Crippen molar-refractivity contribution in [3.05, 3.63) is 0 Å². The van der Waals surface area contributed by atoms with E-state index in [0.717, 1.165) is 4.43 Å². The Kier molecular flexibility index (Phi) is 4.17. The fraction of sp³-hybridized carbons (Fsp3) is 1.00. The molecule has 0 aromatic rings. The van der Waals surface area contributed by atoms with Crippen molar-refractivity contribution in [2.75, 3.05) is 4.43 Å². The zero-order valence-electron chi connectivity index (χ0n) is 7.32. The van der Waals surface area contributed by atoms with E-state index in [9.17, 15) is 0 Å². The maximum Gasteiger partial charge on any atom is 0.0291 e. The maximum atomic E-state index is 6.18. The van der Waals surface area contributed by atoms with Gasteiger partial charge in [0.1, 0.15) is 0 Å². The molecule has 0 rings (SSSR count). The minimum Gasteiger partial charge on any atom is -0.324 e. The average molecular weight is 255 g/mol. The fourth-order valence-corrected chi connectivity index (χ4v) is 2.74. The largest absolute Gasteiger partial charge is 0.324 e. The zero-order chi connectivity index (χ0) is 8.36. The molecule has 0 radical (unpaired) electrons. The molecule has 0 bridgehead atoms. The Balaban J connectivity index is 4.23. The van der Waals surface area contributed by atoms with Gasteiger partial charge in [0.05, 0.1) is 0 Å². The summed E-state index contributed by atoms with van der Waals surface area (Å²) in [5.74, 6) is 1.15. The highest BCUT2D eigenvalue weighted by Gasteiger charge is 2.30. The molecular weight excluding hydrogens is 237 g/mol. The highest BCUT2D eigenvalue weighted by molar-refractivity contribution is 14.1. The first-order chi connectivity index (χ1) is 4.45. The molecule has 0 amide bonds. The van der Waals surface area contributed by atoms with Crippen molar-refractivity contribution in [2.45, 2.75) is 33.2 Å². The van der Waals surface area contributed by atoms with Gasteiger partial charge in [-0.05, 0) is 11.8 Å². The zero-order valence-corrected chi connectivity index (χ0v) is 9.47. The van der Waals surface area contributed by atoms with Crippen LogP contribution in [0.5, 0.6) is 0 Å². The van der Waals surface area contributed by atoms with Crippen LogP contribution < -0.4 is 5.73 Å². The molecular formula is C8H18IN. The fourth-order valence-electron chi connectivity index (χ4n) is 0.975. The van der Waals surface area contributed by atoms with Crippen LogP contribution in [0.3, 0.4) is 0 Å². The number of alkyl halides is 1. The molecule has 0 unspecified atom stereocenters. The summed E-state index contributed by atoms with van der Waals surface area (Å²) in [6, 6.07) is 0. The number of nitrogens with two attached hydrogens (primary N) is 1. The molecule has 2 heteroatoms. The molecule has 0 heterocycles. The first-order valence-corrected chi connectivity index (χ1v) is 5.32. The summed E-state index contributed by atoms with van der Waals surface area (Å²) < 4.78 is 1.04. The van der Waals surface area contributed by atoms with Crippen LogP contribution in [0.15, 0.2) is 0 Å². The van der Waals surface area contributed by atoms with Crippen molar-refractivity contribution >= 4 is 22.6 Å². The average Bonchev–Trinajstić information content (AvgIpc) is 1.85. The molecule has 62 valence electrons. The second kappa shape index (κ2) is 3.90. The Bertz CT molecular complexity index is 91.4. The van der Waals surface area contributed by atoms with E-state index >= 15 is 0 Å². The summed E-state index contributed by atoms with van der Waals surface area (Å²) in [5.41, 5.74) is 6.20. The summed E-state index contributed by atoms with van der Waals surface area (Å²) in [6.07, 6.45) is 0. The lowest BCUT2D eigenvalue weighted by atomic mass is 9.80. The van der Waals surface area contributed by atoms with Crippen LogP contribution in [0.25, 0.3) is 0 Å². The van der Waals surface area contributed by atoms with Crippen molar-refractivity contribution in [2.24, 2.45) is 17.6 Å². The van der Waals surface area contributed by atoms with Crippen LogP contribution in [0.1, 0.15) is 27.7 Å². The smallest absolute Gasteiger partial charge is 0.0291 e. The van der Waals surface area contributed by atoms with E-state index in [1.54, 1.807) is 0 Å². The lowest BCUT2D eigenvalue weighted by Gasteiger charge is -2.35. The third kappa shape index (κ3) is 2.09. The van der Waals surface area contributed by atoms with Crippen molar-refractivity contribution < 1.29 is 0 Å². The number of rotatable bonds is 3. The molecule has 0 spiro atoms. The van der Waals surface area contributed by atoms with Crippen LogP contribution in [0.4, 0.5) is 0 Å². The van der Waals surface area contributed by atoms with Crippen LogP contribution in [0, 0.1) is 11.8 Å². The lowest BCUT2D eigenvalue weighted by molar-refractivity contribution is 0.260. The van der Waals surface area contributed by atoms with E-state index in [-0.39, 0.29) is 5.54 Å². The normalized spacial score (nSPS) is 13.2. The van der Waals surface area contributed by atoms with Gasteiger partial charge < -0.3 is 5.73 Å². The molecule has 0 aliphatic heterocycles. The van der Waals surface area contributed by atoms with Gasteiger partial charge in [-0.1, -0.05) is 50.3 Å². The molecule has 2 N–H and O–H groups in total. The van der Waals surface area contributed by atoms with Crippen LogP contribution >= 0.6 is 22.6 Å². The summed E-state index contributed by atoms with van der Waals surface area (Å²) in [4.78, 5) is 0. The van der Waals surface area contributed by atoms with Gasteiger partial charge in [-0.15, -0.1) is 0 Å². The molecule has 0 atom stereocenters. The second-order valence-corrected chi connectivity index (χ2v) is 4.32. The standard InChI is InChI=1S/C8H18IN/c1-6(2)8(10,5-9)7(3)4/h6-7H,5,10H2,1-4H3. The van der Waals surface area contributed by atoms with Crippen molar-refractivity contribution in [3.8, 4) is 0 Å². The Labute approximate surface area is 77.9 Å². The Hall–Kier alpha value is 0.690. The first-order valence-electron chi connectivity index (χ1n) is 3.80. The summed E-state index contributed by atoms with van der Waals surface area (Å²) in [7, 11) is 0. The van der Waals surface area contributed by atoms with E-state index in [1.807, 2.05) is 0 Å². The molecule has 0 aromatic carbocycles. The third-order valence-electron chi connectivity index (χ3n) is 2.38. The van der Waals surface area contributed by atoms with Crippen molar-refractivity contribution in [1.82, 2.24) is 0 Å². The number of halogens is 1. The molecule has 0 aliphatic carbocycles. The first kappa shape index (κ1) is 10.7. The predicted molar refractivity (Wildman–Crippen MR) is 55.5 cm³/mol. The molecule has 10 heavy (non-hydrogen) atoms. The van der Waals surface area contributed by atoms with Gasteiger partial charge in [-0.3, -0.25) is 0 Å². The topological polar surface area (TPSA) is 26.0 Å². The van der Waals surface area contributed by atoms with Crippen molar-refractivity contribution in [1.29, 1.82) is 0 Å². The van der Waals surface area contributed by atoms with E-state index < -0.39 is 0 Å². The van der Waals surface area contributed by atoms with Gasteiger partial charge in [-0.25, -0.2) is 0 Å². The minimum absolute atomic E-state index is 0.0283. The number of hydrogen-bond acceptors (Lipinski definition) is 1. The Morgan fingerprint density at radius 3 is 1.50 bits per heavy atom. The molecule has 0 saturated carbocycles. The van der Waals surface area contributed by atoms with Crippen LogP contribution in [0.2, 0.25) is 0 Å². The highest BCUT2D eigenvalue weighted by atomic mass is 127. The van der Waals surface area contributed by atoms with Gasteiger partial charge in [-0.2, -0.15) is 0 Å². The van der Waals surface area contributed by atoms with E-state index in [0.29, 0.717) is 11.8 Å². The van der Waals surface area contributed by atoms with E-state index in [2.05, 4.69) is 50.3 Å². The van der Waals surface area contributed by atoms with Crippen LogP contribution in [-0.4, -0.2) is 9.97 Å². The van der Waals surface area contributed by atoms with Gasteiger partial charge in [0, 0.05) is 9.97 Å². The SMILES string of the molecule is CC(C)C(N)(CI)C(C)C. The van der Waals surface area contributed by atoms with Crippen molar-refractivity contribution in [3.63, 3.8) is 0 Å². The van der Waals surface area contributed by atoms with Gasteiger partial charge in [0.15, 0.2) is 0 Å². The van der Waals surface area contributed by atoms with Gasteiger partial charge in [0.2, 0.25) is 0 Å². The molecule has 1 nitrogen and oxygen atoms in total. The van der Waals surface area contributed by atoms with Crippen LogP contribution in [-0.2, 0) is 0 Å². The molecule has 0 aromatic heterocycles. The van der Waals surface area contributed by atoms with E-state index in [1.165, 1.54) is 0 Å². The quantitative estimate of drug-likeness (QED) is 0.608. The van der Waals surface area contributed by atoms with Gasteiger partial charge >= 0.3 is 0 Å². The maximum absolute atomic E-state index is 6.18. The second-order valence-electron chi connectivity index (χ2n) is 3.56. The summed E-state index contributed by atoms with van der Waals surface area (Å²) >= 11 is 2.37. The number of hydrogen-bond donors (Lipinski definition) is 1. The monoisotopic (exact) mass is 255 g/mol. The third-order valence-corrected chi connectivity index (χ3v) is 3.70. The van der Waals surface area contributed by atoms with Gasteiger partial charge in [0.25, 0.3) is 0 Å². The lowest BCUT2D eigenvalue weighted by Crippen LogP contribution is -2.51. The van der Waals surface area contributed by atoms with E-state index in [4.69, 9.17) is 5.73 Å².